The molecule has 0 unspecified atom stereocenters. The Balaban J connectivity index is 2.27. The van der Waals surface area contributed by atoms with Crippen LogP contribution in [0.15, 0.2) is 4.79 Å². The first-order valence-corrected chi connectivity index (χ1v) is 6.91. The quantitative estimate of drug-likeness (QED) is 0.805. The molecule has 2 heterocycles. The number of aliphatic hydroxyl groups is 1. The van der Waals surface area contributed by atoms with Gasteiger partial charge in [0, 0.05) is 43.2 Å². The average Bonchev–Trinajstić information content (AvgIpc) is 2.35. The van der Waals surface area contributed by atoms with Crippen LogP contribution in [0.4, 0.5) is 5.95 Å². The molecular weight excluding hydrogens is 238 g/mol. The highest BCUT2D eigenvalue weighted by molar-refractivity contribution is 7.99. The Morgan fingerprint density at radius 3 is 2.76 bits per heavy atom. The van der Waals surface area contributed by atoms with Crippen molar-refractivity contribution in [3.8, 4) is 0 Å². The summed E-state index contributed by atoms with van der Waals surface area (Å²) < 4.78 is 0. The number of thioether (sulfide) groups is 1. The van der Waals surface area contributed by atoms with E-state index in [1.54, 1.807) is 0 Å². The lowest BCUT2D eigenvalue weighted by Crippen LogP contribution is -2.35. The Morgan fingerprint density at radius 2 is 2.18 bits per heavy atom. The molecule has 0 spiro atoms. The van der Waals surface area contributed by atoms with Crippen molar-refractivity contribution in [1.29, 1.82) is 0 Å². The summed E-state index contributed by atoms with van der Waals surface area (Å²) in [7, 11) is 0. The molecule has 0 radical (unpaired) electrons. The summed E-state index contributed by atoms with van der Waals surface area (Å²) in [6.45, 7) is 3.65. The first kappa shape index (κ1) is 12.4. The van der Waals surface area contributed by atoms with Gasteiger partial charge in [-0.05, 0) is 6.92 Å². The predicted molar refractivity (Wildman–Crippen MR) is 69.9 cm³/mol. The Kier molecular flexibility index (Phi) is 4.06. The molecule has 1 aromatic rings. The van der Waals surface area contributed by atoms with E-state index in [0.717, 1.165) is 30.3 Å². The number of hydrogen-bond acceptors (Lipinski definition) is 5. The fourth-order valence-electron chi connectivity index (χ4n) is 1.93. The number of aryl methyl sites for hydroxylation is 1. The van der Waals surface area contributed by atoms with E-state index in [0.29, 0.717) is 17.9 Å². The van der Waals surface area contributed by atoms with Crippen LogP contribution in [-0.4, -0.2) is 46.3 Å². The van der Waals surface area contributed by atoms with E-state index in [1.807, 2.05) is 18.7 Å². The van der Waals surface area contributed by atoms with E-state index in [9.17, 15) is 4.79 Å². The van der Waals surface area contributed by atoms with Crippen LogP contribution < -0.4 is 10.5 Å². The molecule has 2 rings (SSSR count). The summed E-state index contributed by atoms with van der Waals surface area (Å²) in [4.78, 5) is 21.2. The van der Waals surface area contributed by atoms with Crippen molar-refractivity contribution in [1.82, 2.24) is 9.97 Å². The maximum absolute atomic E-state index is 11.9. The molecule has 5 nitrogen and oxygen atoms in total. The topological polar surface area (TPSA) is 69.2 Å². The van der Waals surface area contributed by atoms with Gasteiger partial charge >= 0.3 is 0 Å². The largest absolute Gasteiger partial charge is 0.396 e. The highest BCUT2D eigenvalue weighted by Gasteiger charge is 2.15. The summed E-state index contributed by atoms with van der Waals surface area (Å²) in [6, 6.07) is 0. The van der Waals surface area contributed by atoms with Gasteiger partial charge in [-0.25, -0.2) is 4.98 Å². The number of aromatic nitrogens is 2. The van der Waals surface area contributed by atoms with Gasteiger partial charge in [-0.15, -0.1) is 0 Å². The molecule has 0 amide bonds. The van der Waals surface area contributed by atoms with Crippen molar-refractivity contribution >= 4 is 17.7 Å². The summed E-state index contributed by atoms with van der Waals surface area (Å²) in [5.41, 5.74) is 1.18. The maximum atomic E-state index is 11.9. The lowest BCUT2D eigenvalue weighted by atomic mass is 10.2. The van der Waals surface area contributed by atoms with E-state index < -0.39 is 0 Å². The van der Waals surface area contributed by atoms with Gasteiger partial charge in [0.1, 0.15) is 0 Å². The molecule has 1 saturated heterocycles. The zero-order chi connectivity index (χ0) is 12.3. The van der Waals surface area contributed by atoms with Crippen LogP contribution in [0.2, 0.25) is 0 Å². The second-order valence-electron chi connectivity index (χ2n) is 4.03. The second kappa shape index (κ2) is 5.55. The fourth-order valence-corrected chi connectivity index (χ4v) is 2.83. The van der Waals surface area contributed by atoms with Crippen molar-refractivity contribution in [2.75, 3.05) is 36.1 Å². The minimum Gasteiger partial charge on any atom is -0.396 e. The minimum atomic E-state index is -0.125. The summed E-state index contributed by atoms with van der Waals surface area (Å²) in [6.07, 6.45) is 0.365. The van der Waals surface area contributed by atoms with Crippen molar-refractivity contribution in [3.05, 3.63) is 21.6 Å². The van der Waals surface area contributed by atoms with Crippen molar-refractivity contribution < 1.29 is 5.11 Å². The Hall–Kier alpha value is -1.01. The van der Waals surface area contributed by atoms with Gasteiger partial charge in [-0.2, -0.15) is 11.8 Å². The average molecular weight is 255 g/mol. The van der Waals surface area contributed by atoms with E-state index in [-0.39, 0.29) is 12.2 Å². The molecule has 2 N–H and O–H groups in total. The molecule has 0 bridgehead atoms. The summed E-state index contributed by atoms with van der Waals surface area (Å²) in [5, 5.41) is 8.89. The standard InChI is InChI=1S/C11H17N3O2S/c1-8-9(2-5-15)10(16)13-11(12-8)14-3-6-17-7-4-14/h15H,2-7H2,1H3,(H,12,13,16). The second-order valence-corrected chi connectivity index (χ2v) is 5.25. The van der Waals surface area contributed by atoms with Crippen LogP contribution in [0.25, 0.3) is 0 Å². The Morgan fingerprint density at radius 1 is 1.47 bits per heavy atom. The third-order valence-corrected chi connectivity index (χ3v) is 3.82. The number of aliphatic hydroxyl groups excluding tert-OH is 1. The number of nitrogens with one attached hydrogen (secondary N) is 1. The van der Waals surface area contributed by atoms with Crippen molar-refractivity contribution in [2.45, 2.75) is 13.3 Å². The zero-order valence-electron chi connectivity index (χ0n) is 9.90. The number of hydrogen-bond donors (Lipinski definition) is 2. The van der Waals surface area contributed by atoms with Crippen molar-refractivity contribution in [3.63, 3.8) is 0 Å². The smallest absolute Gasteiger partial charge is 0.255 e. The van der Waals surface area contributed by atoms with E-state index >= 15 is 0 Å². The van der Waals surface area contributed by atoms with Gasteiger partial charge < -0.3 is 10.0 Å². The number of H-pyrrole nitrogens is 1. The summed E-state index contributed by atoms with van der Waals surface area (Å²) >= 11 is 1.92. The maximum Gasteiger partial charge on any atom is 0.255 e. The minimum absolute atomic E-state index is 0.0225. The Bertz CT molecular complexity index is 441. The molecule has 6 heteroatoms. The molecular formula is C11H17N3O2S. The van der Waals surface area contributed by atoms with Crippen LogP contribution in [-0.2, 0) is 6.42 Å². The molecule has 94 valence electrons. The number of rotatable bonds is 3. The molecule has 0 aliphatic carbocycles. The highest BCUT2D eigenvalue weighted by atomic mass is 32.2. The normalized spacial score (nSPS) is 16.2. The molecule has 0 saturated carbocycles. The molecule has 1 aromatic heterocycles. The number of aromatic amines is 1. The van der Waals surface area contributed by atoms with Gasteiger partial charge in [0.2, 0.25) is 5.95 Å². The third-order valence-electron chi connectivity index (χ3n) is 2.88. The number of anilines is 1. The van der Waals surface area contributed by atoms with Gasteiger partial charge in [-0.1, -0.05) is 0 Å². The van der Waals surface area contributed by atoms with E-state index in [4.69, 9.17) is 5.11 Å². The van der Waals surface area contributed by atoms with Crippen LogP contribution in [0.5, 0.6) is 0 Å². The first-order chi connectivity index (χ1) is 8.22. The molecule has 17 heavy (non-hydrogen) atoms. The van der Waals surface area contributed by atoms with Crippen molar-refractivity contribution in [2.24, 2.45) is 0 Å². The van der Waals surface area contributed by atoms with Crippen LogP contribution in [0.3, 0.4) is 0 Å². The first-order valence-electron chi connectivity index (χ1n) is 5.75. The summed E-state index contributed by atoms with van der Waals surface area (Å²) in [5.74, 6) is 2.80. The lowest BCUT2D eigenvalue weighted by Gasteiger charge is -2.27. The van der Waals surface area contributed by atoms with E-state index in [2.05, 4.69) is 14.9 Å². The highest BCUT2D eigenvalue weighted by Crippen LogP contribution is 2.15. The van der Waals surface area contributed by atoms with Gasteiger partial charge in [-0.3, -0.25) is 9.78 Å². The molecule has 0 aromatic carbocycles. The van der Waals surface area contributed by atoms with Crippen LogP contribution in [0.1, 0.15) is 11.3 Å². The van der Waals surface area contributed by atoms with Crippen LogP contribution >= 0.6 is 11.8 Å². The zero-order valence-corrected chi connectivity index (χ0v) is 10.7. The van der Waals surface area contributed by atoms with Crippen LogP contribution in [0, 0.1) is 6.92 Å². The SMILES string of the molecule is Cc1nc(N2CCSCC2)[nH]c(=O)c1CCO. The van der Waals surface area contributed by atoms with Gasteiger partial charge in [0.15, 0.2) is 0 Å². The third kappa shape index (κ3) is 2.81. The predicted octanol–water partition coefficient (Wildman–Crippen LogP) is 0.166. The molecule has 0 atom stereocenters. The number of nitrogens with zero attached hydrogens (tertiary/aromatic N) is 2. The molecule has 1 aliphatic rings. The molecule has 1 fully saturated rings. The monoisotopic (exact) mass is 255 g/mol. The fraction of sp³-hybridized carbons (Fsp3) is 0.636. The van der Waals surface area contributed by atoms with Gasteiger partial charge in [0.05, 0.1) is 5.69 Å². The van der Waals surface area contributed by atoms with Gasteiger partial charge in [0.25, 0.3) is 5.56 Å². The Labute approximate surface area is 104 Å². The lowest BCUT2D eigenvalue weighted by molar-refractivity contribution is 0.298. The molecule has 1 aliphatic heterocycles. The van der Waals surface area contributed by atoms with E-state index in [1.165, 1.54) is 0 Å².